The number of rotatable bonds is 3. The molecule has 26 heavy (non-hydrogen) atoms. The van der Waals surface area contributed by atoms with E-state index < -0.39 is 23.2 Å². The first kappa shape index (κ1) is 17.6. The number of hydroxylamine groups is 1. The van der Waals surface area contributed by atoms with Gasteiger partial charge in [0.1, 0.15) is 0 Å². The highest BCUT2D eigenvalue weighted by Gasteiger charge is 2.29. The summed E-state index contributed by atoms with van der Waals surface area (Å²) in [5.74, 6) is -0.774. The number of benzene rings is 2. The van der Waals surface area contributed by atoms with Gasteiger partial charge in [0.25, 0.3) is 11.5 Å². The van der Waals surface area contributed by atoms with Gasteiger partial charge < -0.3 is 0 Å². The summed E-state index contributed by atoms with van der Waals surface area (Å²) in [6, 6.07) is 8.62. The van der Waals surface area contributed by atoms with Crippen molar-refractivity contribution in [2.45, 2.75) is 12.7 Å². The summed E-state index contributed by atoms with van der Waals surface area (Å²) in [5, 5.41) is 8.83. The molecular weight excluding hydrogens is 351 g/mol. The molecule has 3 rings (SSSR count). The van der Waals surface area contributed by atoms with Gasteiger partial charge in [0, 0.05) is 5.56 Å². The Bertz CT molecular complexity index is 1030. The number of hydrogen-bond donors (Lipinski definition) is 2. The van der Waals surface area contributed by atoms with Gasteiger partial charge in [-0.05, 0) is 35.9 Å². The highest BCUT2D eigenvalue weighted by Crippen LogP contribution is 2.29. The number of aromatic nitrogens is 2. The molecule has 0 aliphatic rings. The monoisotopic (exact) mass is 363 g/mol. The molecule has 9 heteroatoms. The number of nitrogens with one attached hydrogen (secondary N) is 1. The molecule has 1 aromatic heterocycles. The van der Waals surface area contributed by atoms with Gasteiger partial charge in [0.2, 0.25) is 0 Å². The lowest BCUT2D eigenvalue weighted by molar-refractivity contribution is -0.137. The van der Waals surface area contributed by atoms with E-state index in [1.807, 2.05) is 0 Å². The second-order valence-electron chi connectivity index (χ2n) is 5.55. The maximum Gasteiger partial charge on any atom is 0.416 e. The molecule has 2 N–H and O–H groups in total. The first-order chi connectivity index (χ1) is 12.3. The summed E-state index contributed by atoms with van der Waals surface area (Å²) >= 11 is 0. The summed E-state index contributed by atoms with van der Waals surface area (Å²) in [6.07, 6.45) is -3.14. The number of alkyl halides is 3. The largest absolute Gasteiger partial charge is 0.416 e. The molecule has 1 heterocycles. The van der Waals surface area contributed by atoms with Crippen LogP contribution in [0.4, 0.5) is 13.2 Å². The summed E-state index contributed by atoms with van der Waals surface area (Å²) < 4.78 is 39.0. The minimum atomic E-state index is -4.43. The van der Waals surface area contributed by atoms with Crippen molar-refractivity contribution in [2.24, 2.45) is 0 Å². The maximum atomic E-state index is 12.6. The fourth-order valence-corrected chi connectivity index (χ4v) is 2.47. The lowest BCUT2D eigenvalue weighted by Gasteiger charge is -2.10. The number of carbonyl (C=O) groups is 1. The van der Waals surface area contributed by atoms with Crippen molar-refractivity contribution in [3.63, 3.8) is 0 Å². The van der Waals surface area contributed by atoms with E-state index in [2.05, 4.69) is 4.98 Å². The highest BCUT2D eigenvalue weighted by atomic mass is 19.4. The number of nitrogens with zero attached hydrogens (tertiary/aromatic N) is 2. The Morgan fingerprint density at radius 1 is 1.15 bits per heavy atom. The molecule has 0 spiro atoms. The standard InChI is InChI=1S/C17H12F3N3O3/c18-17(19,20)12-4-1-10(2-5-12)8-23-9-21-14-6-3-11(15(24)22-26)7-13(14)16(23)25/h1-7,9,26H,8H2,(H,22,24). The average Bonchev–Trinajstić information content (AvgIpc) is 2.63. The van der Waals surface area contributed by atoms with Crippen LogP contribution in [0.3, 0.4) is 0 Å². The highest BCUT2D eigenvalue weighted by molar-refractivity contribution is 5.97. The Morgan fingerprint density at radius 2 is 1.85 bits per heavy atom. The molecule has 0 bridgehead atoms. The number of amides is 1. The first-order valence-corrected chi connectivity index (χ1v) is 7.39. The van der Waals surface area contributed by atoms with Crippen LogP contribution in [-0.2, 0) is 12.7 Å². The third kappa shape index (κ3) is 3.42. The molecule has 0 unspecified atom stereocenters. The normalized spacial score (nSPS) is 11.5. The SMILES string of the molecule is O=C(NO)c1ccc2ncn(Cc3ccc(C(F)(F)F)cc3)c(=O)c2c1. The van der Waals surface area contributed by atoms with Gasteiger partial charge in [-0.2, -0.15) is 13.2 Å². The van der Waals surface area contributed by atoms with E-state index in [-0.39, 0.29) is 17.5 Å². The third-order valence-corrected chi connectivity index (χ3v) is 3.82. The molecule has 3 aromatic rings. The smallest absolute Gasteiger partial charge is 0.294 e. The van der Waals surface area contributed by atoms with Crippen molar-refractivity contribution in [3.8, 4) is 0 Å². The zero-order valence-corrected chi connectivity index (χ0v) is 13.1. The number of carbonyl (C=O) groups excluding carboxylic acids is 1. The van der Waals surface area contributed by atoms with E-state index in [0.717, 1.165) is 12.1 Å². The van der Waals surface area contributed by atoms with Crippen LogP contribution in [0.25, 0.3) is 10.9 Å². The van der Waals surface area contributed by atoms with E-state index in [9.17, 15) is 22.8 Å². The molecule has 134 valence electrons. The van der Waals surface area contributed by atoms with Gasteiger partial charge in [0.05, 0.1) is 29.3 Å². The molecule has 1 amide bonds. The second-order valence-corrected chi connectivity index (χ2v) is 5.55. The number of halogens is 3. The molecule has 0 atom stereocenters. The van der Waals surface area contributed by atoms with Crippen molar-refractivity contribution >= 4 is 16.8 Å². The van der Waals surface area contributed by atoms with Crippen LogP contribution < -0.4 is 11.0 Å². The molecule has 0 fully saturated rings. The van der Waals surface area contributed by atoms with Crippen molar-refractivity contribution in [3.05, 3.63) is 75.8 Å². The minimum Gasteiger partial charge on any atom is -0.294 e. The van der Waals surface area contributed by atoms with Crippen LogP contribution in [0, 0.1) is 0 Å². The molecule has 6 nitrogen and oxygen atoms in total. The summed E-state index contributed by atoms with van der Waals surface area (Å²) in [6.45, 7) is 0.0241. The van der Waals surface area contributed by atoms with Crippen LogP contribution >= 0.6 is 0 Å². The molecule has 0 aliphatic carbocycles. The van der Waals surface area contributed by atoms with E-state index in [0.29, 0.717) is 11.1 Å². The van der Waals surface area contributed by atoms with Crippen LogP contribution in [0.2, 0.25) is 0 Å². The van der Waals surface area contributed by atoms with E-state index >= 15 is 0 Å². The van der Waals surface area contributed by atoms with E-state index in [4.69, 9.17) is 5.21 Å². The Balaban J connectivity index is 1.96. The topological polar surface area (TPSA) is 84.2 Å². The summed E-state index contributed by atoms with van der Waals surface area (Å²) in [5.41, 5.74) is 1.17. The predicted molar refractivity (Wildman–Crippen MR) is 85.8 cm³/mol. The zero-order valence-electron chi connectivity index (χ0n) is 13.1. The first-order valence-electron chi connectivity index (χ1n) is 7.39. The molecule has 0 radical (unpaired) electrons. The molecule has 2 aromatic carbocycles. The van der Waals surface area contributed by atoms with Gasteiger partial charge >= 0.3 is 6.18 Å². The third-order valence-electron chi connectivity index (χ3n) is 3.82. The fraction of sp³-hybridized carbons (Fsp3) is 0.118. The quantitative estimate of drug-likeness (QED) is 0.553. The van der Waals surface area contributed by atoms with Gasteiger partial charge in [0.15, 0.2) is 0 Å². The van der Waals surface area contributed by atoms with Gasteiger partial charge in [-0.3, -0.25) is 19.4 Å². The second kappa shape index (κ2) is 6.60. The lowest BCUT2D eigenvalue weighted by Crippen LogP contribution is -2.23. The maximum absolute atomic E-state index is 12.6. The molecule has 0 saturated carbocycles. The Morgan fingerprint density at radius 3 is 2.46 bits per heavy atom. The molecule has 0 aliphatic heterocycles. The van der Waals surface area contributed by atoms with Crippen molar-refractivity contribution < 1.29 is 23.2 Å². The van der Waals surface area contributed by atoms with Crippen LogP contribution in [0.1, 0.15) is 21.5 Å². The lowest BCUT2D eigenvalue weighted by atomic mass is 10.1. The zero-order chi connectivity index (χ0) is 18.9. The van der Waals surface area contributed by atoms with Crippen molar-refractivity contribution in [1.82, 2.24) is 15.0 Å². The number of fused-ring (bicyclic) bond motifs is 1. The van der Waals surface area contributed by atoms with Crippen LogP contribution in [0.15, 0.2) is 53.6 Å². The van der Waals surface area contributed by atoms with E-state index in [1.54, 1.807) is 0 Å². The Kier molecular flexibility index (Phi) is 4.47. The predicted octanol–water partition coefficient (Wildman–Crippen LogP) is 2.58. The molecular formula is C17H12F3N3O3. The average molecular weight is 363 g/mol. The Labute approximate surface area is 144 Å². The van der Waals surface area contributed by atoms with Crippen LogP contribution in [-0.4, -0.2) is 20.7 Å². The van der Waals surface area contributed by atoms with Crippen LogP contribution in [0.5, 0.6) is 0 Å². The Hall–Kier alpha value is -3.20. The van der Waals surface area contributed by atoms with Gasteiger partial charge in [-0.25, -0.2) is 10.5 Å². The summed E-state index contributed by atoms with van der Waals surface area (Å²) in [7, 11) is 0. The van der Waals surface area contributed by atoms with Crippen molar-refractivity contribution in [2.75, 3.05) is 0 Å². The molecule has 0 saturated heterocycles. The van der Waals surface area contributed by atoms with Gasteiger partial charge in [-0.1, -0.05) is 12.1 Å². The number of hydrogen-bond acceptors (Lipinski definition) is 4. The van der Waals surface area contributed by atoms with E-state index in [1.165, 1.54) is 46.7 Å². The minimum absolute atomic E-state index is 0.0241. The summed E-state index contributed by atoms with van der Waals surface area (Å²) in [4.78, 5) is 28.2. The van der Waals surface area contributed by atoms with Gasteiger partial charge in [-0.15, -0.1) is 0 Å². The fourth-order valence-electron chi connectivity index (χ4n) is 2.47. The van der Waals surface area contributed by atoms with Crippen molar-refractivity contribution in [1.29, 1.82) is 0 Å².